The molecule has 0 saturated carbocycles. The Bertz CT molecular complexity index is 1320. The van der Waals surface area contributed by atoms with Gasteiger partial charge in [-0.2, -0.15) is 0 Å². The van der Waals surface area contributed by atoms with E-state index in [2.05, 4.69) is 66.2 Å². The van der Waals surface area contributed by atoms with E-state index in [1.54, 1.807) is 13.4 Å². The second-order valence-electron chi connectivity index (χ2n) is 8.21. The Morgan fingerprint density at radius 3 is 2.61 bits per heavy atom. The lowest BCUT2D eigenvalue weighted by atomic mass is 10.1. The van der Waals surface area contributed by atoms with Gasteiger partial charge >= 0.3 is 0 Å². The molecule has 7 heteroatoms. The van der Waals surface area contributed by atoms with Gasteiger partial charge in [0.2, 0.25) is 0 Å². The Kier molecular flexibility index (Phi) is 6.19. The molecule has 0 bridgehead atoms. The molecule has 33 heavy (non-hydrogen) atoms. The molecule has 2 N–H and O–H groups in total. The van der Waals surface area contributed by atoms with Crippen molar-refractivity contribution >= 4 is 10.9 Å². The summed E-state index contributed by atoms with van der Waals surface area (Å²) in [5.41, 5.74) is 4.74. The Morgan fingerprint density at radius 2 is 1.73 bits per heavy atom. The van der Waals surface area contributed by atoms with Crippen LogP contribution in [-0.4, -0.2) is 36.8 Å². The smallest absolute Gasteiger partial charge is 0.137 e. The summed E-state index contributed by atoms with van der Waals surface area (Å²) in [5, 5.41) is 10.5. The maximum atomic E-state index is 5.56. The average molecular weight is 441 g/mol. The minimum absolute atomic E-state index is 0.689. The summed E-state index contributed by atoms with van der Waals surface area (Å²) in [5.74, 6) is 2.87. The lowest BCUT2D eigenvalue weighted by Gasteiger charge is -2.12. The van der Waals surface area contributed by atoms with Crippen molar-refractivity contribution in [1.82, 2.24) is 29.7 Å². The Balaban J connectivity index is 1.37. The van der Waals surface area contributed by atoms with E-state index in [0.29, 0.717) is 6.42 Å². The van der Waals surface area contributed by atoms with Gasteiger partial charge in [0, 0.05) is 53.9 Å². The second kappa shape index (κ2) is 9.73. The van der Waals surface area contributed by atoms with E-state index in [1.165, 1.54) is 16.5 Å². The van der Waals surface area contributed by atoms with Gasteiger partial charge in [-0.3, -0.25) is 0 Å². The predicted molar refractivity (Wildman–Crippen MR) is 128 cm³/mol. The molecule has 0 unspecified atom stereocenters. The van der Waals surface area contributed by atoms with Crippen LogP contribution in [0.1, 0.15) is 34.9 Å². The van der Waals surface area contributed by atoms with Gasteiger partial charge in [0.1, 0.15) is 17.4 Å². The molecule has 3 heterocycles. The summed E-state index contributed by atoms with van der Waals surface area (Å²) in [6.07, 6.45) is 10.1. The fraction of sp³-hybridized carbons (Fsp3) is 0.269. The second-order valence-corrected chi connectivity index (χ2v) is 8.21. The van der Waals surface area contributed by atoms with Gasteiger partial charge < -0.3 is 19.3 Å². The molecule has 168 valence electrons. The molecule has 0 amide bonds. The summed E-state index contributed by atoms with van der Waals surface area (Å²) < 4.78 is 7.85. The summed E-state index contributed by atoms with van der Waals surface area (Å²) in [6, 6.07) is 16.5. The van der Waals surface area contributed by atoms with Crippen LogP contribution in [0.4, 0.5) is 0 Å². The standard InChI is InChI=1S/C26H28N6O/c1-33-24-11-5-2-7-19(24)15-26-31-30-25(32(26)14-6-8-21-17-27-18-29-21)13-12-20-16-28-23-10-4-3-9-22(20)23/h2-5,7,9-11,16-18,28H,6,8,12-15H2,1H3,(H,27,29). The average Bonchev–Trinajstić information content (AvgIpc) is 3.59. The lowest BCUT2D eigenvalue weighted by Crippen LogP contribution is -2.11. The summed E-state index contributed by atoms with van der Waals surface area (Å²) in [7, 11) is 1.71. The Labute approximate surface area is 192 Å². The van der Waals surface area contributed by atoms with E-state index < -0.39 is 0 Å². The molecule has 0 aliphatic heterocycles. The van der Waals surface area contributed by atoms with Gasteiger partial charge in [-0.1, -0.05) is 36.4 Å². The van der Waals surface area contributed by atoms with Crippen LogP contribution in [0.25, 0.3) is 10.9 Å². The fourth-order valence-corrected chi connectivity index (χ4v) is 4.40. The number of benzene rings is 2. The van der Waals surface area contributed by atoms with Crippen molar-refractivity contribution in [2.75, 3.05) is 7.11 Å². The van der Waals surface area contributed by atoms with E-state index in [0.717, 1.165) is 60.9 Å². The zero-order valence-corrected chi connectivity index (χ0v) is 18.8. The number of para-hydroxylation sites is 2. The highest BCUT2D eigenvalue weighted by atomic mass is 16.5. The minimum Gasteiger partial charge on any atom is -0.496 e. The van der Waals surface area contributed by atoms with Gasteiger partial charge in [0.15, 0.2) is 0 Å². The molecular formula is C26H28N6O. The molecule has 5 rings (SSSR count). The van der Waals surface area contributed by atoms with Crippen molar-refractivity contribution in [3.05, 3.63) is 95.7 Å². The third-order valence-corrected chi connectivity index (χ3v) is 6.12. The molecule has 7 nitrogen and oxygen atoms in total. The summed E-state index contributed by atoms with van der Waals surface area (Å²) in [4.78, 5) is 10.7. The Hall–Kier alpha value is -3.87. The molecule has 3 aromatic heterocycles. The SMILES string of the molecule is COc1ccccc1Cc1nnc(CCc2c[nH]c3ccccc23)n1CCCc1cnc[nH]1. The molecule has 0 saturated heterocycles. The first-order chi connectivity index (χ1) is 16.3. The number of rotatable bonds is 10. The van der Waals surface area contributed by atoms with Crippen molar-refractivity contribution in [2.24, 2.45) is 0 Å². The molecular weight excluding hydrogens is 412 g/mol. The van der Waals surface area contributed by atoms with Crippen LogP contribution in [0.15, 0.2) is 67.3 Å². The third kappa shape index (κ3) is 4.67. The molecule has 0 spiro atoms. The number of nitrogens with zero attached hydrogens (tertiary/aromatic N) is 4. The van der Waals surface area contributed by atoms with Crippen molar-refractivity contribution in [3.63, 3.8) is 0 Å². The van der Waals surface area contributed by atoms with Crippen LogP contribution in [0.3, 0.4) is 0 Å². The monoisotopic (exact) mass is 440 g/mol. The molecule has 0 aliphatic carbocycles. The topological polar surface area (TPSA) is 84.4 Å². The first-order valence-electron chi connectivity index (χ1n) is 11.4. The van der Waals surface area contributed by atoms with Gasteiger partial charge in [0.05, 0.1) is 13.4 Å². The highest BCUT2D eigenvalue weighted by Gasteiger charge is 2.15. The number of methoxy groups -OCH3 is 1. The number of fused-ring (bicyclic) bond motifs is 1. The van der Waals surface area contributed by atoms with E-state index in [1.807, 2.05) is 24.4 Å². The Morgan fingerprint density at radius 1 is 0.879 bits per heavy atom. The lowest BCUT2D eigenvalue weighted by molar-refractivity contribution is 0.410. The van der Waals surface area contributed by atoms with Crippen LogP contribution >= 0.6 is 0 Å². The number of hydrogen-bond donors (Lipinski definition) is 2. The normalized spacial score (nSPS) is 11.3. The number of ether oxygens (including phenoxy) is 1. The largest absolute Gasteiger partial charge is 0.496 e. The first kappa shape index (κ1) is 21.0. The van der Waals surface area contributed by atoms with Gasteiger partial charge in [-0.15, -0.1) is 10.2 Å². The van der Waals surface area contributed by atoms with Crippen LogP contribution < -0.4 is 4.74 Å². The number of nitrogens with one attached hydrogen (secondary N) is 2. The van der Waals surface area contributed by atoms with Crippen molar-refractivity contribution in [1.29, 1.82) is 0 Å². The van der Waals surface area contributed by atoms with Gasteiger partial charge in [0.25, 0.3) is 0 Å². The molecule has 0 radical (unpaired) electrons. The van der Waals surface area contributed by atoms with Crippen molar-refractivity contribution < 1.29 is 4.74 Å². The highest BCUT2D eigenvalue weighted by Crippen LogP contribution is 2.23. The molecule has 5 aromatic rings. The fourth-order valence-electron chi connectivity index (χ4n) is 4.40. The van der Waals surface area contributed by atoms with Gasteiger partial charge in [-0.25, -0.2) is 4.98 Å². The first-order valence-corrected chi connectivity index (χ1v) is 11.4. The quantitative estimate of drug-likeness (QED) is 0.335. The number of aromatic nitrogens is 6. The van der Waals surface area contributed by atoms with Crippen LogP contribution in [-0.2, 0) is 32.2 Å². The summed E-state index contributed by atoms with van der Waals surface area (Å²) >= 11 is 0. The number of hydrogen-bond acceptors (Lipinski definition) is 4. The van der Waals surface area contributed by atoms with Crippen molar-refractivity contribution in [2.45, 2.75) is 38.6 Å². The zero-order valence-electron chi connectivity index (χ0n) is 18.8. The van der Waals surface area contributed by atoms with Crippen molar-refractivity contribution in [3.8, 4) is 5.75 Å². The maximum absolute atomic E-state index is 5.56. The number of H-pyrrole nitrogens is 2. The van der Waals surface area contributed by atoms with Crippen LogP contribution in [0, 0.1) is 0 Å². The number of aromatic amines is 2. The zero-order chi connectivity index (χ0) is 22.5. The van der Waals surface area contributed by atoms with E-state index >= 15 is 0 Å². The predicted octanol–water partition coefficient (Wildman–Crippen LogP) is 4.50. The minimum atomic E-state index is 0.689. The van der Waals surface area contributed by atoms with Gasteiger partial charge in [-0.05, 0) is 37.0 Å². The number of imidazole rings is 1. The highest BCUT2D eigenvalue weighted by molar-refractivity contribution is 5.83. The maximum Gasteiger partial charge on any atom is 0.137 e. The van der Waals surface area contributed by atoms with E-state index in [-0.39, 0.29) is 0 Å². The molecule has 0 fully saturated rings. The van der Waals surface area contributed by atoms with E-state index in [4.69, 9.17) is 4.74 Å². The van der Waals surface area contributed by atoms with E-state index in [9.17, 15) is 0 Å². The third-order valence-electron chi connectivity index (χ3n) is 6.12. The molecule has 0 aliphatic rings. The van der Waals surface area contributed by atoms with Crippen LogP contribution in [0.5, 0.6) is 5.75 Å². The number of aryl methyl sites for hydroxylation is 3. The molecule has 2 aromatic carbocycles. The summed E-state index contributed by atoms with van der Waals surface area (Å²) in [6.45, 7) is 0.861. The molecule has 0 atom stereocenters. The van der Waals surface area contributed by atoms with Crippen LogP contribution in [0.2, 0.25) is 0 Å².